The summed E-state index contributed by atoms with van der Waals surface area (Å²) >= 11 is 0. The third-order valence-corrected chi connectivity index (χ3v) is 3.07. The Morgan fingerprint density at radius 2 is 1.93 bits per heavy atom. The van der Waals surface area contributed by atoms with Crippen LogP contribution in [0, 0.1) is 6.92 Å². The molecule has 0 atom stereocenters. The Morgan fingerprint density at radius 3 is 2.53 bits per heavy atom. The lowest BCUT2D eigenvalue weighted by atomic mass is 9.75. The Kier molecular flexibility index (Phi) is 2.62. The van der Waals surface area contributed by atoms with Crippen molar-refractivity contribution in [3.8, 4) is 0 Å². The van der Waals surface area contributed by atoms with Gasteiger partial charge in [0.15, 0.2) is 5.96 Å². The van der Waals surface area contributed by atoms with Gasteiger partial charge in [-0.25, -0.2) is 0 Å². The van der Waals surface area contributed by atoms with Crippen molar-refractivity contribution in [3.05, 3.63) is 35.4 Å². The van der Waals surface area contributed by atoms with E-state index in [0.717, 1.165) is 12.8 Å². The highest BCUT2D eigenvalue weighted by Crippen LogP contribution is 2.39. The van der Waals surface area contributed by atoms with Crippen LogP contribution in [-0.4, -0.2) is 12.0 Å². The van der Waals surface area contributed by atoms with Gasteiger partial charge in [-0.1, -0.05) is 24.3 Å². The van der Waals surface area contributed by atoms with E-state index in [9.17, 15) is 0 Å². The summed E-state index contributed by atoms with van der Waals surface area (Å²) in [5.74, 6) is 0.850. The Labute approximate surface area is 90.2 Å². The summed E-state index contributed by atoms with van der Waals surface area (Å²) in [5, 5.41) is 0. The lowest BCUT2D eigenvalue weighted by Crippen LogP contribution is -2.32. The molecule has 1 aromatic rings. The molecule has 0 bridgehead atoms. The molecule has 0 saturated heterocycles. The predicted molar refractivity (Wildman–Crippen MR) is 62.8 cm³/mol. The number of hydrogen-bond donors (Lipinski definition) is 2. The van der Waals surface area contributed by atoms with Gasteiger partial charge in [0, 0.05) is 0 Å². The summed E-state index contributed by atoms with van der Waals surface area (Å²) in [6.45, 7) is 2.16. The molecule has 0 heterocycles. The van der Waals surface area contributed by atoms with E-state index in [1.807, 2.05) is 0 Å². The molecule has 4 N–H and O–H groups in total. The average Bonchev–Trinajstić information content (AvgIpc) is 2.12. The van der Waals surface area contributed by atoms with Crippen LogP contribution in [0.1, 0.15) is 29.9 Å². The van der Waals surface area contributed by atoms with Crippen LogP contribution in [0.25, 0.3) is 0 Å². The summed E-state index contributed by atoms with van der Waals surface area (Å²) in [6.07, 6.45) is 2.14. The van der Waals surface area contributed by atoms with Gasteiger partial charge in [-0.15, -0.1) is 0 Å². The first-order valence-corrected chi connectivity index (χ1v) is 5.31. The fourth-order valence-corrected chi connectivity index (χ4v) is 2.20. The molecule has 1 aromatic carbocycles. The Balaban J connectivity index is 2.01. The zero-order valence-electron chi connectivity index (χ0n) is 8.98. The number of nitrogens with two attached hydrogens (primary N) is 2. The van der Waals surface area contributed by atoms with E-state index < -0.39 is 0 Å². The minimum atomic E-state index is 0.211. The second kappa shape index (κ2) is 3.93. The van der Waals surface area contributed by atoms with E-state index in [1.165, 1.54) is 11.1 Å². The molecule has 15 heavy (non-hydrogen) atoms. The molecule has 0 aromatic heterocycles. The number of rotatable bonds is 2. The maximum absolute atomic E-state index is 5.34. The van der Waals surface area contributed by atoms with Gasteiger partial charge < -0.3 is 11.5 Å². The molecule has 0 radical (unpaired) electrons. The molecule has 1 aliphatic rings. The van der Waals surface area contributed by atoms with Crippen molar-refractivity contribution in [2.45, 2.75) is 31.7 Å². The van der Waals surface area contributed by atoms with Crippen LogP contribution in [0.4, 0.5) is 0 Å². The first-order valence-electron chi connectivity index (χ1n) is 5.31. The molecule has 3 heteroatoms. The molecule has 2 rings (SSSR count). The first kappa shape index (κ1) is 10.0. The molecule has 1 aliphatic carbocycles. The van der Waals surface area contributed by atoms with Gasteiger partial charge in [-0.3, -0.25) is 4.99 Å². The third kappa shape index (κ3) is 2.12. The van der Waals surface area contributed by atoms with Crippen LogP contribution in [0.2, 0.25) is 0 Å². The fourth-order valence-electron chi connectivity index (χ4n) is 2.20. The Morgan fingerprint density at radius 1 is 1.27 bits per heavy atom. The average molecular weight is 203 g/mol. The summed E-state index contributed by atoms with van der Waals surface area (Å²) in [6, 6.07) is 8.86. The first-order chi connectivity index (χ1) is 7.16. The number of hydrogen-bond acceptors (Lipinski definition) is 1. The van der Waals surface area contributed by atoms with E-state index in [2.05, 4.69) is 36.2 Å². The van der Waals surface area contributed by atoms with Gasteiger partial charge in [0.2, 0.25) is 0 Å². The van der Waals surface area contributed by atoms with Gasteiger partial charge in [0.25, 0.3) is 0 Å². The van der Waals surface area contributed by atoms with Gasteiger partial charge in [-0.2, -0.15) is 0 Å². The normalized spacial score (nSPS) is 24.3. The highest BCUT2D eigenvalue weighted by Gasteiger charge is 2.30. The second-order valence-electron chi connectivity index (χ2n) is 4.23. The Bertz CT molecular complexity index is 374. The minimum Gasteiger partial charge on any atom is -0.370 e. The van der Waals surface area contributed by atoms with Crippen molar-refractivity contribution in [2.24, 2.45) is 16.5 Å². The number of nitrogens with zero attached hydrogens (tertiary/aromatic N) is 1. The lowest BCUT2D eigenvalue weighted by Gasteiger charge is -2.33. The van der Waals surface area contributed by atoms with Gasteiger partial charge in [0.1, 0.15) is 0 Å². The van der Waals surface area contributed by atoms with E-state index in [1.54, 1.807) is 0 Å². The van der Waals surface area contributed by atoms with Crippen LogP contribution in [0.5, 0.6) is 0 Å². The third-order valence-electron chi connectivity index (χ3n) is 3.07. The van der Waals surface area contributed by atoms with Gasteiger partial charge >= 0.3 is 0 Å². The van der Waals surface area contributed by atoms with Crippen molar-refractivity contribution in [1.29, 1.82) is 0 Å². The fraction of sp³-hybridized carbons (Fsp3) is 0.417. The van der Waals surface area contributed by atoms with Crippen LogP contribution in [0.15, 0.2) is 29.3 Å². The highest BCUT2D eigenvalue weighted by molar-refractivity contribution is 5.76. The van der Waals surface area contributed by atoms with Crippen molar-refractivity contribution in [3.63, 3.8) is 0 Å². The summed E-state index contributed by atoms with van der Waals surface area (Å²) in [4.78, 5) is 4.16. The van der Waals surface area contributed by atoms with Crippen molar-refractivity contribution < 1.29 is 0 Å². The van der Waals surface area contributed by atoms with Crippen LogP contribution in [-0.2, 0) is 0 Å². The maximum Gasteiger partial charge on any atom is 0.186 e. The molecule has 0 aliphatic heterocycles. The SMILES string of the molecule is Cc1ccccc1C1CC(N=C(N)N)C1. The van der Waals surface area contributed by atoms with E-state index in [4.69, 9.17) is 11.5 Å². The van der Waals surface area contributed by atoms with E-state index in [-0.39, 0.29) is 5.96 Å². The maximum atomic E-state index is 5.34. The van der Waals surface area contributed by atoms with Crippen LogP contribution in [0.3, 0.4) is 0 Å². The quantitative estimate of drug-likeness (QED) is 0.565. The standard InChI is InChI=1S/C12H17N3/c1-8-4-2-3-5-11(8)9-6-10(7-9)15-12(13)14/h2-5,9-10H,6-7H2,1H3,(H4,13,14,15). The molecule has 0 amide bonds. The Hall–Kier alpha value is -1.51. The molecule has 0 unspecified atom stereocenters. The van der Waals surface area contributed by atoms with E-state index >= 15 is 0 Å². The molecule has 1 fully saturated rings. The smallest absolute Gasteiger partial charge is 0.186 e. The van der Waals surface area contributed by atoms with Crippen molar-refractivity contribution >= 4 is 5.96 Å². The zero-order chi connectivity index (χ0) is 10.8. The second-order valence-corrected chi connectivity index (χ2v) is 4.23. The molecular formula is C12H17N3. The van der Waals surface area contributed by atoms with Crippen molar-refractivity contribution in [1.82, 2.24) is 0 Å². The zero-order valence-corrected chi connectivity index (χ0v) is 8.98. The molecule has 3 nitrogen and oxygen atoms in total. The molecule has 0 spiro atoms. The largest absolute Gasteiger partial charge is 0.370 e. The van der Waals surface area contributed by atoms with Gasteiger partial charge in [-0.05, 0) is 36.8 Å². The molecule has 1 saturated carbocycles. The topological polar surface area (TPSA) is 64.4 Å². The summed E-state index contributed by atoms with van der Waals surface area (Å²) < 4.78 is 0. The highest BCUT2D eigenvalue weighted by atomic mass is 15.0. The summed E-state index contributed by atoms with van der Waals surface area (Å²) in [5.41, 5.74) is 13.5. The van der Waals surface area contributed by atoms with E-state index in [0.29, 0.717) is 12.0 Å². The number of aliphatic imine (C=N–C) groups is 1. The van der Waals surface area contributed by atoms with Crippen LogP contribution >= 0.6 is 0 Å². The monoisotopic (exact) mass is 203 g/mol. The molecule has 80 valence electrons. The minimum absolute atomic E-state index is 0.211. The number of aryl methyl sites for hydroxylation is 1. The van der Waals surface area contributed by atoms with Crippen LogP contribution < -0.4 is 11.5 Å². The van der Waals surface area contributed by atoms with Gasteiger partial charge in [0.05, 0.1) is 6.04 Å². The lowest BCUT2D eigenvalue weighted by molar-refractivity contribution is 0.352. The molecular weight excluding hydrogens is 186 g/mol. The van der Waals surface area contributed by atoms with Crippen molar-refractivity contribution in [2.75, 3.05) is 0 Å². The number of benzene rings is 1. The summed E-state index contributed by atoms with van der Waals surface area (Å²) in [7, 11) is 0. The predicted octanol–water partition coefficient (Wildman–Crippen LogP) is 1.51. The number of guanidine groups is 1.